The summed E-state index contributed by atoms with van der Waals surface area (Å²) in [4.78, 5) is 16.1. The Morgan fingerprint density at radius 1 is 0.971 bits per heavy atom. The number of sulfonamides is 1. The second-order valence-electron chi connectivity index (χ2n) is 7.83. The Labute approximate surface area is 206 Å². The quantitative estimate of drug-likeness (QED) is 0.256. The van der Waals surface area contributed by atoms with Gasteiger partial charge in [0.15, 0.2) is 0 Å². The number of pyridine rings is 1. The van der Waals surface area contributed by atoms with Gasteiger partial charge < -0.3 is 5.32 Å². The number of hydrogen-bond donors (Lipinski definition) is 2. The largest absolute Gasteiger partial charge is 0.353 e. The topological polar surface area (TPSA) is 88.2 Å². The van der Waals surface area contributed by atoms with Crippen LogP contribution in [0.5, 0.6) is 0 Å². The number of anilines is 1. The first kappa shape index (κ1) is 25.5. The number of amides is 1. The van der Waals surface area contributed by atoms with Crippen molar-refractivity contribution in [2.75, 3.05) is 11.3 Å². The molecule has 0 radical (unpaired) electrons. The lowest BCUT2D eigenvalue weighted by molar-refractivity contribution is -0.116. The monoisotopic (exact) mass is 497 g/mol. The van der Waals surface area contributed by atoms with E-state index in [1.54, 1.807) is 60.9 Å². The van der Waals surface area contributed by atoms with E-state index in [9.17, 15) is 13.2 Å². The van der Waals surface area contributed by atoms with Crippen LogP contribution >= 0.6 is 11.6 Å². The van der Waals surface area contributed by atoms with E-state index in [-0.39, 0.29) is 10.8 Å². The number of aromatic nitrogens is 1. The lowest BCUT2D eigenvalue weighted by Crippen LogP contribution is -2.21. The molecule has 3 rings (SSSR count). The Bertz CT molecular complexity index is 1200. The molecule has 1 aromatic heterocycles. The Morgan fingerprint density at radius 3 is 2.53 bits per heavy atom. The first-order valence-corrected chi connectivity index (χ1v) is 13.0. The summed E-state index contributed by atoms with van der Waals surface area (Å²) in [7, 11) is -3.66. The van der Waals surface area contributed by atoms with E-state index in [1.165, 1.54) is 6.08 Å². The van der Waals surface area contributed by atoms with Crippen LogP contribution < -0.4 is 10.0 Å². The summed E-state index contributed by atoms with van der Waals surface area (Å²) in [5.41, 5.74) is 2.33. The van der Waals surface area contributed by atoms with E-state index in [0.717, 1.165) is 43.2 Å². The molecule has 0 spiro atoms. The molecule has 0 aliphatic heterocycles. The maximum atomic E-state index is 12.7. The second kappa shape index (κ2) is 12.9. The Morgan fingerprint density at radius 2 is 1.76 bits per heavy atom. The molecule has 0 aliphatic rings. The van der Waals surface area contributed by atoms with Crippen LogP contribution in [0.15, 0.2) is 84.0 Å². The van der Waals surface area contributed by atoms with E-state index < -0.39 is 10.0 Å². The molecular formula is C26H28ClN3O3S. The lowest BCUT2D eigenvalue weighted by Gasteiger charge is -2.10. The Balaban J connectivity index is 1.36. The number of halogens is 1. The molecule has 6 nitrogen and oxygen atoms in total. The molecule has 0 atom stereocenters. The van der Waals surface area contributed by atoms with Crippen LogP contribution in [0, 0.1) is 0 Å². The van der Waals surface area contributed by atoms with Gasteiger partial charge in [-0.3, -0.25) is 14.5 Å². The molecular weight excluding hydrogens is 470 g/mol. The van der Waals surface area contributed by atoms with Crippen LogP contribution in [-0.2, 0) is 21.2 Å². The van der Waals surface area contributed by atoms with Crippen molar-refractivity contribution in [2.24, 2.45) is 0 Å². The van der Waals surface area contributed by atoms with Crippen molar-refractivity contribution < 1.29 is 13.2 Å². The van der Waals surface area contributed by atoms with Gasteiger partial charge in [0.2, 0.25) is 5.91 Å². The van der Waals surface area contributed by atoms with Crippen molar-refractivity contribution in [3.05, 3.63) is 95.3 Å². The molecule has 178 valence electrons. The third-order valence-corrected chi connectivity index (χ3v) is 6.74. The predicted molar refractivity (Wildman–Crippen MR) is 137 cm³/mol. The number of unbranched alkanes of at least 4 members (excludes halogenated alkanes) is 3. The number of aryl methyl sites for hydroxylation is 1. The maximum Gasteiger partial charge on any atom is 0.261 e. The van der Waals surface area contributed by atoms with Crippen molar-refractivity contribution in [3.8, 4) is 0 Å². The normalized spacial score (nSPS) is 11.4. The van der Waals surface area contributed by atoms with Crippen LogP contribution in [0.2, 0.25) is 5.02 Å². The Hall–Kier alpha value is -3.16. The second-order valence-corrected chi connectivity index (χ2v) is 9.95. The maximum absolute atomic E-state index is 12.7. The third-order valence-electron chi connectivity index (χ3n) is 5.11. The van der Waals surface area contributed by atoms with E-state index in [1.807, 2.05) is 18.2 Å². The standard InChI is InChI=1S/C26H28ClN3O3S/c27-23-12-14-24(15-13-23)30-34(32,33)25-10-5-8-21(19-25)7-3-1-2-4-18-29-26(31)16-11-22-9-6-17-28-20-22/h5-6,8-17,19-20,30H,1-4,7,18H2,(H,29,31)/b16-11+. The average molecular weight is 498 g/mol. The first-order chi connectivity index (χ1) is 16.4. The average Bonchev–Trinajstić information content (AvgIpc) is 2.84. The summed E-state index contributed by atoms with van der Waals surface area (Å²) in [5, 5.41) is 3.43. The minimum Gasteiger partial charge on any atom is -0.353 e. The molecule has 8 heteroatoms. The van der Waals surface area contributed by atoms with Crippen molar-refractivity contribution in [1.82, 2.24) is 10.3 Å². The zero-order valence-electron chi connectivity index (χ0n) is 18.8. The minimum absolute atomic E-state index is 0.117. The summed E-state index contributed by atoms with van der Waals surface area (Å²) in [5.74, 6) is -0.117. The number of nitrogens with zero attached hydrogens (tertiary/aromatic N) is 1. The van der Waals surface area contributed by atoms with E-state index in [2.05, 4.69) is 15.0 Å². The highest BCUT2D eigenvalue weighted by molar-refractivity contribution is 7.92. The number of benzene rings is 2. The molecule has 0 bridgehead atoms. The number of rotatable bonds is 12. The van der Waals surface area contributed by atoms with Gasteiger partial charge in [-0.25, -0.2) is 8.42 Å². The van der Waals surface area contributed by atoms with E-state index in [0.29, 0.717) is 17.3 Å². The molecule has 3 aromatic rings. The fourth-order valence-electron chi connectivity index (χ4n) is 3.32. The van der Waals surface area contributed by atoms with Gasteiger partial charge in [-0.1, -0.05) is 42.6 Å². The van der Waals surface area contributed by atoms with Gasteiger partial charge in [-0.05, 0) is 78.9 Å². The highest BCUT2D eigenvalue weighted by Gasteiger charge is 2.14. The molecule has 0 saturated heterocycles. The van der Waals surface area contributed by atoms with Crippen molar-refractivity contribution in [1.29, 1.82) is 0 Å². The minimum atomic E-state index is -3.66. The molecule has 0 unspecified atom stereocenters. The van der Waals surface area contributed by atoms with Crippen LogP contribution in [0.25, 0.3) is 6.08 Å². The molecule has 0 saturated carbocycles. The molecule has 1 amide bonds. The fourth-order valence-corrected chi connectivity index (χ4v) is 4.58. The summed E-state index contributed by atoms with van der Waals surface area (Å²) < 4.78 is 27.9. The number of carbonyl (C=O) groups is 1. The van der Waals surface area contributed by atoms with Crippen molar-refractivity contribution in [2.45, 2.75) is 37.0 Å². The molecule has 2 aromatic carbocycles. The first-order valence-electron chi connectivity index (χ1n) is 11.2. The van der Waals surface area contributed by atoms with Gasteiger partial charge in [0.1, 0.15) is 0 Å². The molecule has 34 heavy (non-hydrogen) atoms. The van der Waals surface area contributed by atoms with Crippen LogP contribution in [0.4, 0.5) is 5.69 Å². The van der Waals surface area contributed by atoms with Gasteiger partial charge >= 0.3 is 0 Å². The van der Waals surface area contributed by atoms with Crippen LogP contribution in [-0.4, -0.2) is 25.9 Å². The zero-order valence-corrected chi connectivity index (χ0v) is 20.4. The SMILES string of the molecule is O=C(/C=C/c1cccnc1)NCCCCCCc1cccc(S(=O)(=O)Nc2ccc(Cl)cc2)c1. The third kappa shape index (κ3) is 8.65. The van der Waals surface area contributed by atoms with Crippen LogP contribution in [0.1, 0.15) is 36.8 Å². The fraction of sp³-hybridized carbons (Fsp3) is 0.231. The zero-order chi connectivity index (χ0) is 24.2. The number of carbonyl (C=O) groups excluding carboxylic acids is 1. The van der Waals surface area contributed by atoms with Crippen LogP contribution in [0.3, 0.4) is 0 Å². The van der Waals surface area contributed by atoms with E-state index in [4.69, 9.17) is 11.6 Å². The van der Waals surface area contributed by atoms with Gasteiger partial charge in [-0.15, -0.1) is 0 Å². The smallest absolute Gasteiger partial charge is 0.261 e. The summed E-state index contributed by atoms with van der Waals surface area (Å²) in [6.07, 6.45) is 11.3. The number of nitrogens with one attached hydrogen (secondary N) is 2. The van der Waals surface area contributed by atoms with Crippen molar-refractivity contribution in [3.63, 3.8) is 0 Å². The van der Waals surface area contributed by atoms with Gasteiger partial charge in [0.05, 0.1) is 4.90 Å². The summed E-state index contributed by atoms with van der Waals surface area (Å²) in [6, 6.07) is 17.3. The van der Waals surface area contributed by atoms with Gasteiger partial charge in [0.25, 0.3) is 10.0 Å². The summed E-state index contributed by atoms with van der Waals surface area (Å²) >= 11 is 5.86. The summed E-state index contributed by atoms with van der Waals surface area (Å²) in [6.45, 7) is 0.625. The molecule has 2 N–H and O–H groups in total. The predicted octanol–water partition coefficient (Wildman–Crippen LogP) is 5.47. The molecule has 0 aliphatic carbocycles. The van der Waals surface area contributed by atoms with Gasteiger partial charge in [0, 0.05) is 35.7 Å². The lowest BCUT2D eigenvalue weighted by atomic mass is 10.1. The molecule has 0 fully saturated rings. The highest BCUT2D eigenvalue weighted by atomic mass is 35.5. The molecule has 1 heterocycles. The van der Waals surface area contributed by atoms with Gasteiger partial charge in [-0.2, -0.15) is 0 Å². The van der Waals surface area contributed by atoms with Crippen molar-refractivity contribution >= 4 is 39.3 Å². The highest BCUT2D eigenvalue weighted by Crippen LogP contribution is 2.20. The van der Waals surface area contributed by atoms with E-state index >= 15 is 0 Å². The number of hydrogen-bond acceptors (Lipinski definition) is 4. The Kier molecular flexibility index (Phi) is 9.67.